The molecule has 22 aromatic rings. The van der Waals surface area contributed by atoms with Gasteiger partial charge in [0.1, 0.15) is 0 Å². The topological polar surface area (TPSA) is 0 Å². The van der Waals surface area contributed by atoms with Gasteiger partial charge in [-0.2, -0.15) is 0 Å². The normalized spacial score (nSPS) is 12.6. The van der Waals surface area contributed by atoms with Crippen molar-refractivity contribution in [1.29, 1.82) is 0 Å². The van der Waals surface area contributed by atoms with E-state index >= 15 is 0 Å². The lowest BCUT2D eigenvalue weighted by atomic mass is 9.83. The van der Waals surface area contributed by atoms with Gasteiger partial charge in [-0.25, -0.2) is 0 Å². The summed E-state index contributed by atoms with van der Waals surface area (Å²) in [7, 11) is 0. The fourth-order valence-corrected chi connectivity index (χ4v) is 18.0. The van der Waals surface area contributed by atoms with Crippen LogP contribution in [0.3, 0.4) is 0 Å². The molecule has 0 heterocycles. The van der Waals surface area contributed by atoms with E-state index in [2.05, 4.69) is 303 Å². The highest BCUT2D eigenvalue weighted by Gasteiger charge is 2.30. The molecule has 0 radical (unpaired) electrons. The van der Waals surface area contributed by atoms with Crippen LogP contribution in [0.25, 0.3) is 228 Å². The first-order valence-electron chi connectivity index (χ1n) is 32.3. The van der Waals surface area contributed by atoms with Crippen LogP contribution in [-0.2, 0) is 0 Å². The van der Waals surface area contributed by atoms with Gasteiger partial charge in [0.2, 0.25) is 0 Å². The maximum Gasteiger partial charge on any atom is -0.000697 e. The van der Waals surface area contributed by atoms with Gasteiger partial charge in [-0.1, -0.05) is 279 Å². The van der Waals surface area contributed by atoms with Crippen LogP contribution < -0.4 is 0 Å². The van der Waals surface area contributed by atoms with Gasteiger partial charge in [-0.3, -0.25) is 0 Å². The summed E-state index contributed by atoms with van der Waals surface area (Å²) < 4.78 is 0. The monoisotopic (exact) mass is 1150 g/mol. The predicted octanol–water partition coefficient (Wildman–Crippen LogP) is 26.2. The Morgan fingerprint density at radius 1 is 0.109 bits per heavy atom. The first kappa shape index (κ1) is 49.0. The molecular formula is C92H50. The third-order valence-corrected chi connectivity index (χ3v) is 21.5. The van der Waals surface area contributed by atoms with Crippen LogP contribution >= 0.6 is 0 Å². The summed E-state index contributed by atoms with van der Waals surface area (Å²) in [5, 5.41) is 41.8. The third kappa shape index (κ3) is 6.26. The summed E-state index contributed by atoms with van der Waals surface area (Å²) in [6, 6.07) is 116. The Kier molecular flexibility index (Phi) is 9.52. The predicted molar refractivity (Wildman–Crippen MR) is 398 cm³/mol. The molecule has 22 rings (SSSR count). The molecule has 0 nitrogen and oxygen atoms in total. The van der Waals surface area contributed by atoms with Crippen LogP contribution in [0.5, 0.6) is 0 Å². The molecule has 0 atom stereocenters. The van der Waals surface area contributed by atoms with Crippen molar-refractivity contribution in [3.05, 3.63) is 303 Å². The molecule has 0 unspecified atom stereocenters. The van der Waals surface area contributed by atoms with Crippen molar-refractivity contribution in [1.82, 2.24) is 0 Å². The fraction of sp³-hybridized carbons (Fsp3) is 0. The molecule has 0 N–H and O–H groups in total. The number of rotatable bonds is 5. The van der Waals surface area contributed by atoms with Crippen molar-refractivity contribution in [3.8, 4) is 55.6 Å². The average Bonchev–Trinajstić information content (AvgIpc) is 1.50. The summed E-state index contributed by atoms with van der Waals surface area (Å²) >= 11 is 0. The molecule has 0 aliphatic carbocycles. The van der Waals surface area contributed by atoms with Crippen LogP contribution in [0.2, 0.25) is 0 Å². The second-order valence-electron chi connectivity index (χ2n) is 25.9. The lowest BCUT2D eigenvalue weighted by Crippen LogP contribution is -1.92. The Labute approximate surface area is 528 Å². The Morgan fingerprint density at radius 2 is 0.370 bits per heavy atom. The van der Waals surface area contributed by atoms with Gasteiger partial charge < -0.3 is 0 Å². The highest BCUT2D eigenvalue weighted by atomic mass is 14.3. The van der Waals surface area contributed by atoms with Crippen molar-refractivity contribution in [2.24, 2.45) is 0 Å². The van der Waals surface area contributed by atoms with E-state index < -0.39 is 0 Å². The first-order valence-corrected chi connectivity index (χ1v) is 32.3. The molecule has 0 aromatic heterocycles. The molecule has 0 spiro atoms. The molecule has 22 aromatic carbocycles. The largest absolute Gasteiger partial charge is 0.0622 e. The lowest BCUT2D eigenvalue weighted by Gasteiger charge is -2.19. The maximum absolute atomic E-state index is 2.56. The summed E-state index contributed by atoms with van der Waals surface area (Å²) in [6.07, 6.45) is 0. The molecule has 0 amide bonds. The van der Waals surface area contributed by atoms with Crippen molar-refractivity contribution in [2.45, 2.75) is 0 Å². The SMILES string of the molecule is c1ccc(-c2c3cc4c5ccccc5c5cccc(c3c(-c3ccc(-c6ccc(-c7c8cc9c%10ccccc%10c%10cccc(c8c(-c8ccccc8)c8c%11cc%12ccccc%12c%12cccc(c78)c%12%11)c%109)cc6)cc3)c3c6cccc7c8ccccc8cc(c23)c76)c54)cc1. The molecular weight excluding hydrogens is 1110 g/mol. The second-order valence-corrected chi connectivity index (χ2v) is 25.9. The fourth-order valence-electron chi connectivity index (χ4n) is 18.0. The van der Waals surface area contributed by atoms with Gasteiger partial charge in [0.05, 0.1) is 0 Å². The number of fused-ring (bicyclic) bond motifs is 20. The van der Waals surface area contributed by atoms with Crippen LogP contribution in [-0.4, -0.2) is 0 Å². The highest BCUT2D eigenvalue weighted by molar-refractivity contribution is 6.48. The zero-order valence-corrected chi connectivity index (χ0v) is 49.9. The Bertz CT molecular complexity index is 6900. The van der Waals surface area contributed by atoms with E-state index in [-0.39, 0.29) is 0 Å². The Morgan fingerprint density at radius 3 is 0.804 bits per heavy atom. The molecule has 0 fully saturated rings. The molecule has 92 heavy (non-hydrogen) atoms. The van der Waals surface area contributed by atoms with E-state index in [0.29, 0.717) is 0 Å². The van der Waals surface area contributed by atoms with E-state index in [1.807, 2.05) is 0 Å². The van der Waals surface area contributed by atoms with Gasteiger partial charge in [0.15, 0.2) is 0 Å². The Balaban J connectivity index is 0.810. The Hall–Kier alpha value is -12.0. The van der Waals surface area contributed by atoms with Gasteiger partial charge in [0, 0.05) is 0 Å². The van der Waals surface area contributed by atoms with E-state index in [0.717, 1.165) is 0 Å². The van der Waals surface area contributed by atoms with Crippen molar-refractivity contribution in [2.75, 3.05) is 0 Å². The summed E-state index contributed by atoms with van der Waals surface area (Å²) in [5.41, 5.74) is 12.4. The van der Waals surface area contributed by atoms with Crippen LogP contribution in [0.4, 0.5) is 0 Å². The smallest absolute Gasteiger partial charge is 0.000697 e. The first-order chi connectivity index (χ1) is 45.7. The summed E-state index contributed by atoms with van der Waals surface area (Å²) in [6.45, 7) is 0. The van der Waals surface area contributed by atoms with Crippen LogP contribution in [0.1, 0.15) is 0 Å². The van der Waals surface area contributed by atoms with E-state index in [1.165, 1.54) is 228 Å². The van der Waals surface area contributed by atoms with E-state index in [9.17, 15) is 0 Å². The third-order valence-electron chi connectivity index (χ3n) is 21.5. The minimum absolute atomic E-state index is 1.18. The molecule has 0 aliphatic heterocycles. The summed E-state index contributed by atoms with van der Waals surface area (Å²) in [4.78, 5) is 0. The molecule has 0 bridgehead atoms. The molecule has 0 saturated carbocycles. The minimum Gasteiger partial charge on any atom is -0.0622 e. The highest BCUT2D eigenvalue weighted by Crippen LogP contribution is 2.58. The number of benzene rings is 18. The second kappa shape index (κ2) is 17.9. The van der Waals surface area contributed by atoms with E-state index in [1.54, 1.807) is 0 Å². The lowest BCUT2D eigenvalue weighted by molar-refractivity contribution is 1.61. The van der Waals surface area contributed by atoms with Gasteiger partial charge in [0.25, 0.3) is 0 Å². The van der Waals surface area contributed by atoms with Gasteiger partial charge in [-0.05, 0) is 252 Å². The standard InChI is InChI=1S/C92H50/c1-3-19-53(20-4-1)79-77-49-73-63-29-13-11-27-61(63)68-34-18-36-70(84(68)73)88(77)82(90-72-38-16-32-66-59-25-9-7-23-57(59)47-75(86(66)72)91(79)90)56-45-41-52(42-46-56)51-39-43-55(44-40-51)80-78-50-74-64-30-14-12-28-62(64)67-33-17-35-69(83(67)74)87(78)81(54-21-5-2-6-22-54)92-76-48-58-24-8-10-26-60(58)65-31-15-37-71(85(65)76)89(80)92/h1-50H. The van der Waals surface area contributed by atoms with Crippen LogP contribution in [0.15, 0.2) is 303 Å². The average molecular weight is 1160 g/mol. The quantitative estimate of drug-likeness (QED) is 0.151. The van der Waals surface area contributed by atoms with Gasteiger partial charge >= 0.3 is 0 Å². The number of hydrogen-bond donors (Lipinski definition) is 0. The maximum atomic E-state index is 2.56. The molecule has 0 aliphatic rings. The van der Waals surface area contributed by atoms with Gasteiger partial charge in [-0.15, -0.1) is 0 Å². The summed E-state index contributed by atoms with van der Waals surface area (Å²) in [5.74, 6) is 0. The zero-order valence-electron chi connectivity index (χ0n) is 49.9. The molecule has 0 saturated heterocycles. The van der Waals surface area contributed by atoms with Crippen molar-refractivity contribution < 1.29 is 0 Å². The molecule has 0 heteroatoms. The zero-order chi connectivity index (χ0) is 59.6. The van der Waals surface area contributed by atoms with Crippen LogP contribution in [0, 0.1) is 0 Å². The van der Waals surface area contributed by atoms with E-state index in [4.69, 9.17) is 0 Å². The number of hydrogen-bond acceptors (Lipinski definition) is 0. The van der Waals surface area contributed by atoms with Crippen molar-refractivity contribution >= 4 is 172 Å². The minimum atomic E-state index is 1.18. The molecule has 418 valence electrons. The van der Waals surface area contributed by atoms with Crippen molar-refractivity contribution in [3.63, 3.8) is 0 Å².